The normalized spacial score (nSPS) is 10.7. The standard InChI is InChI=1S/C13H17NO3P.HI/c1-4-16-12-8-10-6-5-9(2)7-11(10)14(3)13(12)17-18-15;/h5-8H,4,18H2,1-3H3;1H/q+1;/p-1. The number of fused-ring (bicyclic) bond motifs is 1. The zero-order valence-corrected chi connectivity index (χ0v) is 14.5. The van der Waals surface area contributed by atoms with Crippen molar-refractivity contribution in [3.63, 3.8) is 0 Å². The maximum Gasteiger partial charge on any atom is 0.416 e. The average molecular weight is 393 g/mol. The molecule has 0 aliphatic rings. The largest absolute Gasteiger partial charge is 1.00 e. The van der Waals surface area contributed by atoms with Crippen molar-refractivity contribution in [1.82, 2.24) is 0 Å². The van der Waals surface area contributed by atoms with Gasteiger partial charge in [0.1, 0.15) is 7.05 Å². The van der Waals surface area contributed by atoms with E-state index in [4.69, 9.17) is 9.26 Å². The molecule has 0 radical (unpaired) electrons. The minimum Gasteiger partial charge on any atom is -1.00 e. The first-order chi connectivity index (χ1) is 8.67. The SMILES string of the molecule is CCOc1cc2ccc(C)cc2[n+](C)c1O[PH2]=O.[I-]. The minimum atomic E-state index is -1.31. The first-order valence-electron chi connectivity index (χ1n) is 5.84. The summed E-state index contributed by atoms with van der Waals surface area (Å²) in [6.07, 6.45) is 0. The van der Waals surface area contributed by atoms with E-state index in [0.29, 0.717) is 18.2 Å². The fraction of sp³-hybridized carbons (Fsp3) is 0.308. The van der Waals surface area contributed by atoms with E-state index < -0.39 is 8.69 Å². The molecule has 0 saturated carbocycles. The Hall–Kier alpha value is -0.810. The molecular weight excluding hydrogens is 376 g/mol. The lowest BCUT2D eigenvalue weighted by Gasteiger charge is -2.08. The lowest BCUT2D eigenvalue weighted by atomic mass is 10.1. The van der Waals surface area contributed by atoms with Crippen LogP contribution in [0.2, 0.25) is 0 Å². The number of pyridine rings is 1. The predicted molar refractivity (Wildman–Crippen MR) is 72.1 cm³/mol. The van der Waals surface area contributed by atoms with Crippen LogP contribution in [-0.2, 0) is 11.6 Å². The highest BCUT2D eigenvalue weighted by molar-refractivity contribution is 7.17. The Labute approximate surface area is 131 Å². The van der Waals surface area contributed by atoms with Gasteiger partial charge in [-0.25, -0.2) is 0 Å². The Balaban J connectivity index is 0.00000180. The number of aryl methyl sites for hydroxylation is 2. The van der Waals surface area contributed by atoms with Crippen LogP contribution in [0.1, 0.15) is 12.5 Å². The summed E-state index contributed by atoms with van der Waals surface area (Å²) in [5, 5.41) is 1.07. The maximum atomic E-state index is 10.8. The lowest BCUT2D eigenvalue weighted by molar-refractivity contribution is -0.648. The smallest absolute Gasteiger partial charge is 0.416 e. The van der Waals surface area contributed by atoms with E-state index in [1.54, 1.807) is 0 Å². The molecule has 0 N–H and O–H groups in total. The van der Waals surface area contributed by atoms with Crippen molar-refractivity contribution in [2.45, 2.75) is 13.8 Å². The Kier molecular flexibility index (Phi) is 6.07. The van der Waals surface area contributed by atoms with E-state index in [9.17, 15) is 4.57 Å². The zero-order chi connectivity index (χ0) is 13.1. The Morgan fingerprint density at radius 1 is 1.32 bits per heavy atom. The molecule has 1 aromatic heterocycles. The summed E-state index contributed by atoms with van der Waals surface area (Å²) >= 11 is 0. The molecule has 6 heteroatoms. The number of rotatable bonds is 4. The van der Waals surface area contributed by atoms with Crippen LogP contribution in [0, 0.1) is 6.92 Å². The number of halogens is 1. The third kappa shape index (κ3) is 3.39. The van der Waals surface area contributed by atoms with Crippen LogP contribution < -0.4 is 37.8 Å². The fourth-order valence-electron chi connectivity index (χ4n) is 1.99. The van der Waals surface area contributed by atoms with Gasteiger partial charge >= 0.3 is 5.88 Å². The topological polar surface area (TPSA) is 39.4 Å². The quantitative estimate of drug-likeness (QED) is 0.397. The van der Waals surface area contributed by atoms with Crippen molar-refractivity contribution in [3.8, 4) is 11.6 Å². The summed E-state index contributed by atoms with van der Waals surface area (Å²) in [6, 6.07) is 8.08. The molecule has 4 nitrogen and oxygen atoms in total. The van der Waals surface area contributed by atoms with Gasteiger partial charge in [0.15, 0.2) is 0 Å². The molecule has 0 amide bonds. The Morgan fingerprint density at radius 3 is 2.68 bits per heavy atom. The van der Waals surface area contributed by atoms with Crippen LogP contribution >= 0.6 is 8.69 Å². The molecule has 1 aromatic carbocycles. The molecule has 19 heavy (non-hydrogen) atoms. The van der Waals surface area contributed by atoms with Crippen LogP contribution in [-0.4, -0.2) is 6.61 Å². The van der Waals surface area contributed by atoms with Crippen LogP contribution in [0.15, 0.2) is 24.3 Å². The molecule has 0 aliphatic heterocycles. The van der Waals surface area contributed by atoms with E-state index in [1.807, 2.05) is 37.6 Å². The molecule has 0 aliphatic carbocycles. The number of hydrogen-bond donors (Lipinski definition) is 0. The van der Waals surface area contributed by atoms with Crippen molar-refractivity contribution in [2.75, 3.05) is 6.61 Å². The zero-order valence-electron chi connectivity index (χ0n) is 11.1. The number of hydrogen-bond acceptors (Lipinski definition) is 3. The van der Waals surface area contributed by atoms with Gasteiger partial charge in [0, 0.05) is 12.1 Å². The molecule has 0 spiro atoms. The van der Waals surface area contributed by atoms with Gasteiger partial charge in [0.2, 0.25) is 20.0 Å². The maximum absolute atomic E-state index is 10.8. The van der Waals surface area contributed by atoms with Gasteiger partial charge in [0.25, 0.3) is 0 Å². The molecule has 0 fully saturated rings. The fourth-order valence-corrected chi connectivity index (χ4v) is 2.35. The van der Waals surface area contributed by atoms with Crippen LogP contribution in [0.5, 0.6) is 11.6 Å². The third-order valence-electron chi connectivity index (χ3n) is 2.81. The van der Waals surface area contributed by atoms with Crippen molar-refractivity contribution < 1.29 is 42.4 Å². The van der Waals surface area contributed by atoms with Gasteiger partial charge in [-0.05, 0) is 25.5 Å². The molecule has 1 unspecified atom stereocenters. The second-order valence-electron chi connectivity index (χ2n) is 4.08. The molecule has 2 aromatic rings. The molecule has 2 rings (SSSR count). The molecule has 0 saturated heterocycles. The summed E-state index contributed by atoms with van der Waals surface area (Å²) in [7, 11) is 0.573. The first-order valence-corrected chi connectivity index (χ1v) is 6.78. The highest BCUT2D eigenvalue weighted by atomic mass is 127. The second-order valence-corrected chi connectivity index (χ2v) is 4.51. The summed E-state index contributed by atoms with van der Waals surface area (Å²) in [6.45, 7) is 4.49. The van der Waals surface area contributed by atoms with Crippen molar-refractivity contribution in [1.29, 1.82) is 0 Å². The van der Waals surface area contributed by atoms with Gasteiger partial charge in [0.05, 0.1) is 12.0 Å². The first kappa shape index (κ1) is 16.2. The molecular formula is C13H17INO3P. The van der Waals surface area contributed by atoms with E-state index in [0.717, 1.165) is 10.9 Å². The monoisotopic (exact) mass is 393 g/mol. The van der Waals surface area contributed by atoms with Crippen LogP contribution in [0.3, 0.4) is 0 Å². The summed E-state index contributed by atoms with van der Waals surface area (Å²) in [5.74, 6) is 1.14. The van der Waals surface area contributed by atoms with Gasteiger partial charge in [-0.2, -0.15) is 4.57 Å². The van der Waals surface area contributed by atoms with Gasteiger partial charge in [-0.1, -0.05) is 6.07 Å². The third-order valence-corrected chi connectivity index (χ3v) is 3.13. The predicted octanol–water partition coefficient (Wildman–Crippen LogP) is -0.574. The minimum absolute atomic E-state index is 0. The Morgan fingerprint density at radius 2 is 2.05 bits per heavy atom. The number of aromatic nitrogens is 1. The van der Waals surface area contributed by atoms with Crippen LogP contribution in [0.25, 0.3) is 10.9 Å². The Bertz CT molecular complexity index is 604. The molecule has 1 atom stereocenters. The molecule has 104 valence electrons. The average Bonchev–Trinajstić information content (AvgIpc) is 2.35. The van der Waals surface area contributed by atoms with Crippen molar-refractivity contribution in [3.05, 3.63) is 29.8 Å². The second kappa shape index (κ2) is 7.10. The summed E-state index contributed by atoms with van der Waals surface area (Å²) < 4.78 is 23.4. The lowest BCUT2D eigenvalue weighted by Crippen LogP contribution is -3.00. The molecule has 0 bridgehead atoms. The number of ether oxygens (including phenoxy) is 1. The van der Waals surface area contributed by atoms with E-state index in [2.05, 4.69) is 12.1 Å². The van der Waals surface area contributed by atoms with E-state index in [-0.39, 0.29) is 24.0 Å². The molecule has 1 heterocycles. The summed E-state index contributed by atoms with van der Waals surface area (Å²) in [5.41, 5.74) is 2.20. The summed E-state index contributed by atoms with van der Waals surface area (Å²) in [4.78, 5) is 0. The van der Waals surface area contributed by atoms with Crippen molar-refractivity contribution >= 4 is 19.6 Å². The highest BCUT2D eigenvalue weighted by Crippen LogP contribution is 2.29. The van der Waals surface area contributed by atoms with E-state index in [1.165, 1.54) is 5.56 Å². The number of nitrogens with zero attached hydrogens (tertiary/aromatic N) is 1. The van der Waals surface area contributed by atoms with Crippen LogP contribution in [0.4, 0.5) is 0 Å². The van der Waals surface area contributed by atoms with Gasteiger partial charge in [-0.15, -0.1) is 0 Å². The van der Waals surface area contributed by atoms with E-state index >= 15 is 0 Å². The van der Waals surface area contributed by atoms with Gasteiger partial charge in [-0.3, -0.25) is 4.57 Å². The number of benzene rings is 1. The van der Waals surface area contributed by atoms with Crippen molar-refractivity contribution in [2.24, 2.45) is 7.05 Å². The van der Waals surface area contributed by atoms with Gasteiger partial charge < -0.3 is 33.2 Å². The highest BCUT2D eigenvalue weighted by Gasteiger charge is 2.20.